The highest BCUT2D eigenvalue weighted by molar-refractivity contribution is 8.00. The van der Waals surface area contributed by atoms with Crippen LogP contribution in [0.15, 0.2) is 17.1 Å². The van der Waals surface area contributed by atoms with Gasteiger partial charge in [0.15, 0.2) is 0 Å². The van der Waals surface area contributed by atoms with E-state index in [4.69, 9.17) is 9.47 Å². The Morgan fingerprint density at radius 1 is 1.39 bits per heavy atom. The SMILES string of the molecule is CCCN(CCC)c1ccn([C@@H]2CS[C@H](COCC)O2)c(=O)n1. The molecular formula is C16H27N3O3S. The summed E-state index contributed by atoms with van der Waals surface area (Å²) in [5.41, 5.74) is -0.259. The molecule has 0 radical (unpaired) electrons. The molecular weight excluding hydrogens is 314 g/mol. The second-order valence-corrected chi connectivity index (χ2v) is 6.67. The average molecular weight is 341 g/mol. The number of hydrogen-bond donors (Lipinski definition) is 0. The molecule has 1 aromatic heterocycles. The van der Waals surface area contributed by atoms with Crippen molar-refractivity contribution in [3.8, 4) is 0 Å². The van der Waals surface area contributed by atoms with Crippen LogP contribution in [0.25, 0.3) is 0 Å². The number of hydrogen-bond acceptors (Lipinski definition) is 6. The van der Waals surface area contributed by atoms with Gasteiger partial charge in [0, 0.05) is 31.6 Å². The van der Waals surface area contributed by atoms with Crippen LogP contribution in [0, 0.1) is 0 Å². The predicted octanol–water partition coefficient (Wildman–Crippen LogP) is 2.49. The molecule has 1 saturated heterocycles. The van der Waals surface area contributed by atoms with Crippen LogP contribution in [0.2, 0.25) is 0 Å². The average Bonchev–Trinajstić information content (AvgIpc) is 3.01. The monoisotopic (exact) mass is 341 g/mol. The van der Waals surface area contributed by atoms with Gasteiger partial charge in [0.25, 0.3) is 0 Å². The summed E-state index contributed by atoms with van der Waals surface area (Å²) in [4.78, 5) is 18.8. The predicted molar refractivity (Wildman–Crippen MR) is 94.2 cm³/mol. The highest BCUT2D eigenvalue weighted by Crippen LogP contribution is 2.31. The molecule has 0 amide bonds. The molecule has 1 aliphatic rings. The van der Waals surface area contributed by atoms with E-state index in [1.54, 1.807) is 22.5 Å². The van der Waals surface area contributed by atoms with Gasteiger partial charge in [-0.25, -0.2) is 4.79 Å². The summed E-state index contributed by atoms with van der Waals surface area (Å²) < 4.78 is 12.8. The van der Waals surface area contributed by atoms with E-state index < -0.39 is 0 Å². The van der Waals surface area contributed by atoms with Crippen molar-refractivity contribution in [3.05, 3.63) is 22.7 Å². The fourth-order valence-corrected chi connectivity index (χ4v) is 3.59. The summed E-state index contributed by atoms with van der Waals surface area (Å²) >= 11 is 1.68. The van der Waals surface area contributed by atoms with E-state index in [2.05, 4.69) is 23.7 Å². The third-order valence-corrected chi connectivity index (χ3v) is 4.72. The maximum atomic E-state index is 12.4. The first-order valence-electron chi connectivity index (χ1n) is 8.38. The summed E-state index contributed by atoms with van der Waals surface area (Å²) in [7, 11) is 0. The summed E-state index contributed by atoms with van der Waals surface area (Å²) in [6, 6.07) is 1.91. The van der Waals surface area contributed by atoms with Crippen LogP contribution < -0.4 is 10.6 Å². The van der Waals surface area contributed by atoms with Crippen LogP contribution in [-0.2, 0) is 9.47 Å². The first-order valence-corrected chi connectivity index (χ1v) is 9.43. The first-order chi connectivity index (χ1) is 11.2. The quantitative estimate of drug-likeness (QED) is 0.688. The summed E-state index contributed by atoms with van der Waals surface area (Å²) in [6.45, 7) is 9.28. The van der Waals surface area contributed by atoms with Crippen molar-refractivity contribution < 1.29 is 9.47 Å². The lowest BCUT2D eigenvalue weighted by Gasteiger charge is -2.23. The standard InChI is InChI=1S/C16H27N3O3S/c1-4-8-18(9-5-2)13-7-10-19(16(20)17-13)14-12-23-15(22-14)11-21-6-3/h7,10,14-15H,4-6,8-9,11-12H2,1-3H3/t14-,15+/m0/s1. The van der Waals surface area contributed by atoms with Crippen molar-refractivity contribution in [2.45, 2.75) is 45.3 Å². The molecule has 0 bridgehead atoms. The van der Waals surface area contributed by atoms with E-state index in [1.807, 2.05) is 13.0 Å². The number of thioether (sulfide) groups is 1. The van der Waals surface area contributed by atoms with E-state index in [0.717, 1.165) is 37.5 Å². The third-order valence-electron chi connectivity index (χ3n) is 3.63. The lowest BCUT2D eigenvalue weighted by Crippen LogP contribution is -2.33. The number of anilines is 1. The molecule has 0 saturated carbocycles. The molecule has 23 heavy (non-hydrogen) atoms. The Kier molecular flexibility index (Phi) is 7.39. The van der Waals surface area contributed by atoms with Crippen LogP contribution in [0.3, 0.4) is 0 Å². The number of aromatic nitrogens is 2. The van der Waals surface area contributed by atoms with Crippen LogP contribution in [0.1, 0.15) is 39.8 Å². The van der Waals surface area contributed by atoms with Gasteiger partial charge >= 0.3 is 5.69 Å². The Bertz CT molecular complexity index is 532. The minimum atomic E-state index is -0.259. The summed E-state index contributed by atoms with van der Waals surface area (Å²) in [6.07, 6.45) is 3.61. The molecule has 2 atom stereocenters. The van der Waals surface area contributed by atoms with Crippen molar-refractivity contribution >= 4 is 17.6 Å². The minimum Gasteiger partial charge on any atom is -0.378 e. The molecule has 2 rings (SSSR count). The number of rotatable bonds is 9. The van der Waals surface area contributed by atoms with Gasteiger partial charge in [-0.05, 0) is 25.8 Å². The maximum absolute atomic E-state index is 12.4. The zero-order valence-electron chi connectivity index (χ0n) is 14.2. The van der Waals surface area contributed by atoms with Crippen molar-refractivity contribution in [3.63, 3.8) is 0 Å². The van der Waals surface area contributed by atoms with Crippen molar-refractivity contribution in [1.82, 2.24) is 9.55 Å². The molecule has 130 valence electrons. The van der Waals surface area contributed by atoms with Gasteiger partial charge in [-0.3, -0.25) is 4.57 Å². The zero-order valence-corrected chi connectivity index (χ0v) is 15.1. The Hall–Kier alpha value is -1.05. The molecule has 6 nitrogen and oxygen atoms in total. The van der Waals surface area contributed by atoms with E-state index in [9.17, 15) is 4.79 Å². The minimum absolute atomic E-state index is 0.0109. The Balaban J connectivity index is 2.06. The highest BCUT2D eigenvalue weighted by atomic mass is 32.2. The highest BCUT2D eigenvalue weighted by Gasteiger charge is 2.28. The molecule has 2 heterocycles. The number of nitrogens with zero attached hydrogens (tertiary/aromatic N) is 3. The molecule has 7 heteroatoms. The third kappa shape index (κ3) is 4.96. The van der Waals surface area contributed by atoms with Crippen molar-refractivity contribution in [1.29, 1.82) is 0 Å². The smallest absolute Gasteiger partial charge is 0.351 e. The molecule has 0 aliphatic carbocycles. The fraction of sp³-hybridized carbons (Fsp3) is 0.750. The van der Waals surface area contributed by atoms with Crippen molar-refractivity contribution in [2.24, 2.45) is 0 Å². The molecule has 1 fully saturated rings. The Morgan fingerprint density at radius 3 is 2.74 bits per heavy atom. The topological polar surface area (TPSA) is 56.6 Å². The van der Waals surface area contributed by atoms with Gasteiger partial charge in [-0.1, -0.05) is 13.8 Å². The summed E-state index contributed by atoms with van der Waals surface area (Å²) in [5, 5.41) is 0. The van der Waals surface area contributed by atoms with Gasteiger partial charge in [-0.2, -0.15) is 4.98 Å². The Morgan fingerprint density at radius 2 is 2.13 bits per heavy atom. The lowest BCUT2D eigenvalue weighted by atomic mass is 10.3. The van der Waals surface area contributed by atoms with E-state index in [0.29, 0.717) is 13.2 Å². The van der Waals surface area contributed by atoms with Gasteiger partial charge in [-0.15, -0.1) is 11.8 Å². The molecule has 0 aromatic carbocycles. The lowest BCUT2D eigenvalue weighted by molar-refractivity contribution is -0.0226. The normalized spacial score (nSPS) is 20.8. The number of ether oxygens (including phenoxy) is 2. The zero-order chi connectivity index (χ0) is 16.7. The maximum Gasteiger partial charge on any atom is 0.351 e. The molecule has 0 unspecified atom stereocenters. The van der Waals surface area contributed by atoms with Crippen LogP contribution in [0.5, 0.6) is 0 Å². The molecule has 0 N–H and O–H groups in total. The van der Waals surface area contributed by atoms with Crippen LogP contribution in [-0.4, -0.2) is 47.0 Å². The Labute approximate surface area is 142 Å². The van der Waals surface area contributed by atoms with Crippen LogP contribution >= 0.6 is 11.8 Å². The van der Waals surface area contributed by atoms with Gasteiger partial charge in [0.05, 0.1) is 6.61 Å². The van der Waals surface area contributed by atoms with Gasteiger partial charge < -0.3 is 14.4 Å². The summed E-state index contributed by atoms with van der Waals surface area (Å²) in [5.74, 6) is 1.50. The second-order valence-electron chi connectivity index (χ2n) is 5.48. The largest absolute Gasteiger partial charge is 0.378 e. The first kappa shape index (κ1) is 18.3. The van der Waals surface area contributed by atoms with Gasteiger partial charge in [0.2, 0.25) is 0 Å². The van der Waals surface area contributed by atoms with Crippen LogP contribution in [0.4, 0.5) is 5.82 Å². The van der Waals surface area contributed by atoms with E-state index in [-0.39, 0.29) is 17.4 Å². The van der Waals surface area contributed by atoms with E-state index in [1.165, 1.54) is 0 Å². The van der Waals surface area contributed by atoms with E-state index >= 15 is 0 Å². The molecule has 1 aliphatic heterocycles. The second kappa shape index (κ2) is 9.30. The molecule has 0 spiro atoms. The fourth-order valence-electron chi connectivity index (χ4n) is 2.57. The molecule has 1 aromatic rings. The van der Waals surface area contributed by atoms with Crippen molar-refractivity contribution in [2.75, 3.05) is 37.0 Å². The van der Waals surface area contributed by atoms with Gasteiger partial charge in [0.1, 0.15) is 17.5 Å².